The number of aliphatic imine (C=N–C) groups is 1. The highest BCUT2D eigenvalue weighted by Gasteiger charge is 2.07. The molecule has 130 valence electrons. The number of sulfone groups is 1. The third-order valence-electron chi connectivity index (χ3n) is 3.21. The Morgan fingerprint density at radius 1 is 1.30 bits per heavy atom. The largest absolute Gasteiger partial charge is 0.497 e. The van der Waals surface area contributed by atoms with Crippen molar-refractivity contribution in [3.05, 3.63) is 29.8 Å². The van der Waals surface area contributed by atoms with Gasteiger partial charge in [0.1, 0.15) is 15.6 Å². The molecule has 0 unspecified atom stereocenters. The topological polar surface area (TPSA) is 71.0 Å². The Bertz CT molecular complexity index is 598. The molecular weight excluding hydrogens is 314 g/mol. The van der Waals surface area contributed by atoms with Crippen molar-refractivity contribution in [2.75, 3.05) is 39.3 Å². The molecule has 0 amide bonds. The summed E-state index contributed by atoms with van der Waals surface area (Å²) in [7, 11) is 0.682. The Morgan fingerprint density at radius 3 is 2.48 bits per heavy atom. The number of nitrogens with zero attached hydrogens (tertiary/aromatic N) is 2. The normalized spacial score (nSPS) is 12.1. The standard InChI is InChI=1S/C16H27N3O3S/c1-5-17-16(18-11-6-12-23(4,20)21)19(2)13-14-7-9-15(22-3)10-8-14/h7-10H,5-6,11-13H2,1-4H3,(H,17,18). The van der Waals surface area contributed by atoms with Gasteiger partial charge in [0, 0.05) is 32.9 Å². The van der Waals surface area contributed by atoms with Crippen LogP contribution >= 0.6 is 0 Å². The number of nitrogens with one attached hydrogen (secondary N) is 1. The van der Waals surface area contributed by atoms with Gasteiger partial charge >= 0.3 is 0 Å². The number of hydrogen-bond donors (Lipinski definition) is 1. The highest BCUT2D eigenvalue weighted by Crippen LogP contribution is 2.12. The molecule has 0 heterocycles. The third kappa shape index (κ3) is 7.88. The summed E-state index contributed by atoms with van der Waals surface area (Å²) < 4.78 is 27.4. The van der Waals surface area contributed by atoms with E-state index in [-0.39, 0.29) is 5.75 Å². The van der Waals surface area contributed by atoms with Crippen LogP contribution in [-0.4, -0.2) is 58.5 Å². The highest BCUT2D eigenvalue weighted by atomic mass is 32.2. The van der Waals surface area contributed by atoms with Gasteiger partial charge in [-0.3, -0.25) is 4.99 Å². The fourth-order valence-electron chi connectivity index (χ4n) is 2.06. The van der Waals surface area contributed by atoms with Crippen LogP contribution in [0.15, 0.2) is 29.3 Å². The Kier molecular flexibility index (Phi) is 7.88. The van der Waals surface area contributed by atoms with E-state index < -0.39 is 9.84 Å². The summed E-state index contributed by atoms with van der Waals surface area (Å²) in [5.74, 6) is 1.77. The van der Waals surface area contributed by atoms with Gasteiger partial charge in [-0.25, -0.2) is 8.42 Å². The van der Waals surface area contributed by atoms with Gasteiger partial charge in [-0.2, -0.15) is 0 Å². The van der Waals surface area contributed by atoms with Gasteiger partial charge < -0.3 is 15.0 Å². The predicted molar refractivity (Wildman–Crippen MR) is 94.8 cm³/mol. The van der Waals surface area contributed by atoms with Crippen LogP contribution in [0, 0.1) is 0 Å². The molecule has 0 bridgehead atoms. The molecular formula is C16H27N3O3S. The zero-order valence-corrected chi connectivity index (χ0v) is 15.2. The first-order valence-electron chi connectivity index (χ1n) is 7.66. The first-order valence-corrected chi connectivity index (χ1v) is 9.72. The lowest BCUT2D eigenvalue weighted by molar-refractivity contribution is 0.414. The molecule has 1 rings (SSSR count). The number of rotatable bonds is 8. The lowest BCUT2D eigenvalue weighted by atomic mass is 10.2. The zero-order valence-electron chi connectivity index (χ0n) is 14.4. The second kappa shape index (κ2) is 9.39. The van der Waals surface area contributed by atoms with E-state index in [2.05, 4.69) is 10.3 Å². The molecule has 0 aliphatic heterocycles. The molecule has 0 aliphatic rings. The lowest BCUT2D eigenvalue weighted by Crippen LogP contribution is -2.38. The smallest absolute Gasteiger partial charge is 0.193 e. The summed E-state index contributed by atoms with van der Waals surface area (Å²) in [4.78, 5) is 6.51. The second-order valence-corrected chi connectivity index (χ2v) is 7.68. The molecule has 0 saturated heterocycles. The van der Waals surface area contributed by atoms with Crippen molar-refractivity contribution in [1.29, 1.82) is 0 Å². The maximum Gasteiger partial charge on any atom is 0.193 e. The van der Waals surface area contributed by atoms with E-state index in [9.17, 15) is 8.42 Å². The van der Waals surface area contributed by atoms with E-state index in [1.807, 2.05) is 43.1 Å². The van der Waals surface area contributed by atoms with Crippen molar-refractivity contribution >= 4 is 15.8 Å². The first kappa shape index (κ1) is 19.3. The van der Waals surface area contributed by atoms with Crippen LogP contribution in [-0.2, 0) is 16.4 Å². The van der Waals surface area contributed by atoms with E-state index in [0.717, 1.165) is 23.8 Å². The average Bonchev–Trinajstić information content (AvgIpc) is 2.50. The predicted octanol–water partition coefficient (Wildman–Crippen LogP) is 1.53. The molecule has 7 heteroatoms. The fourth-order valence-corrected chi connectivity index (χ4v) is 2.71. The van der Waals surface area contributed by atoms with Crippen LogP contribution in [0.1, 0.15) is 18.9 Å². The molecule has 1 N–H and O–H groups in total. The highest BCUT2D eigenvalue weighted by molar-refractivity contribution is 7.90. The van der Waals surface area contributed by atoms with E-state index in [1.165, 1.54) is 6.26 Å². The van der Waals surface area contributed by atoms with Gasteiger partial charge in [0.15, 0.2) is 5.96 Å². The molecule has 23 heavy (non-hydrogen) atoms. The van der Waals surface area contributed by atoms with Crippen LogP contribution in [0.2, 0.25) is 0 Å². The summed E-state index contributed by atoms with van der Waals surface area (Å²) in [6.45, 7) is 3.97. The molecule has 0 atom stereocenters. The molecule has 0 aliphatic carbocycles. The zero-order chi connectivity index (χ0) is 17.3. The lowest BCUT2D eigenvalue weighted by Gasteiger charge is -2.22. The average molecular weight is 341 g/mol. The van der Waals surface area contributed by atoms with Gasteiger partial charge in [-0.1, -0.05) is 12.1 Å². The van der Waals surface area contributed by atoms with Gasteiger partial charge in [-0.05, 0) is 31.0 Å². The quantitative estimate of drug-likeness (QED) is 0.441. The molecule has 1 aromatic rings. The minimum absolute atomic E-state index is 0.165. The van der Waals surface area contributed by atoms with Crippen molar-refractivity contribution < 1.29 is 13.2 Å². The Balaban J connectivity index is 2.63. The van der Waals surface area contributed by atoms with E-state index >= 15 is 0 Å². The Labute approximate surface area is 139 Å². The van der Waals surface area contributed by atoms with Crippen molar-refractivity contribution in [3.8, 4) is 5.75 Å². The monoisotopic (exact) mass is 341 g/mol. The van der Waals surface area contributed by atoms with Gasteiger partial charge in [-0.15, -0.1) is 0 Å². The fraction of sp³-hybridized carbons (Fsp3) is 0.562. The minimum atomic E-state index is -2.92. The van der Waals surface area contributed by atoms with Crippen molar-refractivity contribution in [1.82, 2.24) is 10.2 Å². The number of benzene rings is 1. The number of ether oxygens (including phenoxy) is 1. The van der Waals surface area contributed by atoms with Crippen LogP contribution < -0.4 is 10.1 Å². The SMILES string of the molecule is CCNC(=NCCCS(C)(=O)=O)N(C)Cc1ccc(OC)cc1. The van der Waals surface area contributed by atoms with Crippen molar-refractivity contribution in [2.45, 2.75) is 19.9 Å². The van der Waals surface area contributed by atoms with Crippen molar-refractivity contribution in [2.24, 2.45) is 4.99 Å². The molecule has 0 aromatic heterocycles. The summed E-state index contributed by atoms with van der Waals surface area (Å²) in [5, 5.41) is 3.22. The van der Waals surface area contributed by atoms with Crippen LogP contribution in [0.5, 0.6) is 5.75 Å². The Hall–Kier alpha value is -1.76. The first-order chi connectivity index (χ1) is 10.9. The van der Waals surface area contributed by atoms with Crippen LogP contribution in [0.3, 0.4) is 0 Å². The maximum absolute atomic E-state index is 11.1. The Morgan fingerprint density at radius 2 is 1.96 bits per heavy atom. The molecule has 1 aromatic carbocycles. The number of methoxy groups -OCH3 is 1. The van der Waals surface area contributed by atoms with E-state index in [0.29, 0.717) is 19.5 Å². The van der Waals surface area contributed by atoms with Crippen LogP contribution in [0.25, 0.3) is 0 Å². The summed E-state index contributed by atoms with van der Waals surface area (Å²) in [6, 6.07) is 7.89. The van der Waals surface area contributed by atoms with Gasteiger partial charge in [0.05, 0.1) is 12.9 Å². The van der Waals surface area contributed by atoms with Gasteiger partial charge in [0.2, 0.25) is 0 Å². The summed E-state index contributed by atoms with van der Waals surface area (Å²) >= 11 is 0. The summed E-state index contributed by atoms with van der Waals surface area (Å²) in [6.07, 6.45) is 1.78. The summed E-state index contributed by atoms with van der Waals surface area (Å²) in [5.41, 5.74) is 1.15. The minimum Gasteiger partial charge on any atom is -0.497 e. The van der Waals surface area contributed by atoms with E-state index in [4.69, 9.17) is 4.74 Å². The molecule has 0 radical (unpaired) electrons. The number of guanidine groups is 1. The third-order valence-corrected chi connectivity index (χ3v) is 4.24. The molecule has 0 fully saturated rings. The maximum atomic E-state index is 11.1. The molecule has 0 saturated carbocycles. The van der Waals surface area contributed by atoms with Gasteiger partial charge in [0.25, 0.3) is 0 Å². The van der Waals surface area contributed by atoms with E-state index in [1.54, 1.807) is 7.11 Å². The van der Waals surface area contributed by atoms with Crippen LogP contribution in [0.4, 0.5) is 0 Å². The number of hydrogen-bond acceptors (Lipinski definition) is 4. The molecule has 6 nitrogen and oxygen atoms in total. The molecule has 0 spiro atoms. The second-order valence-electron chi connectivity index (χ2n) is 5.42. The van der Waals surface area contributed by atoms with Crippen molar-refractivity contribution in [3.63, 3.8) is 0 Å².